The lowest BCUT2D eigenvalue weighted by Gasteiger charge is -2.31. The van der Waals surface area contributed by atoms with Crippen LogP contribution in [0.3, 0.4) is 0 Å². The number of carbonyl (C=O) groups excluding carboxylic acids is 1. The summed E-state index contributed by atoms with van der Waals surface area (Å²) in [5, 5.41) is 3.05. The lowest BCUT2D eigenvalue weighted by Crippen LogP contribution is -2.43. The van der Waals surface area contributed by atoms with Crippen LogP contribution in [0.2, 0.25) is 0 Å². The van der Waals surface area contributed by atoms with Gasteiger partial charge in [0.25, 0.3) is 0 Å². The number of hydrogen-bond donors (Lipinski definition) is 1. The summed E-state index contributed by atoms with van der Waals surface area (Å²) in [4.78, 5) is 13.0. The standard InChI is InChI=1S/C23H30N2O5S/c1-4-30-21-9-11-22(12-10-21)31(27,28)25-15-13-19(14-16-25)23(26)24-17(2)18-5-7-20(29-3)8-6-18/h5-12,17,19H,4,13-16H2,1-3H3,(H,24,26)/t17-/m1/s1. The molecule has 0 unspecified atom stereocenters. The van der Waals surface area contributed by atoms with Crippen molar-refractivity contribution in [3.05, 3.63) is 54.1 Å². The Hall–Kier alpha value is -2.58. The number of benzene rings is 2. The highest BCUT2D eigenvalue weighted by atomic mass is 32.2. The van der Waals surface area contributed by atoms with E-state index in [1.54, 1.807) is 31.4 Å². The molecule has 0 spiro atoms. The highest BCUT2D eigenvalue weighted by molar-refractivity contribution is 7.89. The molecule has 0 aromatic heterocycles. The molecule has 2 aromatic carbocycles. The highest BCUT2D eigenvalue weighted by Gasteiger charge is 2.32. The summed E-state index contributed by atoms with van der Waals surface area (Å²) in [5.74, 6) is 1.17. The van der Waals surface area contributed by atoms with Crippen molar-refractivity contribution in [1.82, 2.24) is 9.62 Å². The lowest BCUT2D eigenvalue weighted by atomic mass is 9.96. The molecule has 1 amide bonds. The van der Waals surface area contributed by atoms with Gasteiger partial charge in [0, 0.05) is 19.0 Å². The quantitative estimate of drug-likeness (QED) is 0.672. The highest BCUT2D eigenvalue weighted by Crippen LogP contribution is 2.26. The Morgan fingerprint density at radius 1 is 1.06 bits per heavy atom. The van der Waals surface area contributed by atoms with E-state index in [0.29, 0.717) is 38.3 Å². The van der Waals surface area contributed by atoms with E-state index in [-0.39, 0.29) is 22.8 Å². The first kappa shape index (κ1) is 23.1. The number of piperidine rings is 1. The number of nitrogens with zero attached hydrogens (tertiary/aromatic N) is 1. The molecule has 1 heterocycles. The minimum Gasteiger partial charge on any atom is -0.497 e. The van der Waals surface area contributed by atoms with Gasteiger partial charge in [0.1, 0.15) is 11.5 Å². The summed E-state index contributed by atoms with van der Waals surface area (Å²) < 4.78 is 37.8. The van der Waals surface area contributed by atoms with Crippen molar-refractivity contribution < 1.29 is 22.7 Å². The van der Waals surface area contributed by atoms with Crippen LogP contribution in [0.5, 0.6) is 11.5 Å². The zero-order chi connectivity index (χ0) is 22.4. The predicted molar refractivity (Wildman–Crippen MR) is 119 cm³/mol. The fourth-order valence-electron chi connectivity index (χ4n) is 3.69. The number of ether oxygens (including phenoxy) is 2. The van der Waals surface area contributed by atoms with Crippen molar-refractivity contribution in [2.45, 2.75) is 37.6 Å². The first-order valence-corrected chi connectivity index (χ1v) is 12.0. The molecule has 0 bridgehead atoms. The third-order valence-electron chi connectivity index (χ3n) is 5.57. The van der Waals surface area contributed by atoms with E-state index in [2.05, 4.69) is 5.32 Å². The second-order valence-corrected chi connectivity index (χ2v) is 9.52. The second-order valence-electron chi connectivity index (χ2n) is 7.59. The van der Waals surface area contributed by atoms with Crippen LogP contribution in [0.25, 0.3) is 0 Å². The Labute approximate surface area is 184 Å². The van der Waals surface area contributed by atoms with Crippen LogP contribution >= 0.6 is 0 Å². The summed E-state index contributed by atoms with van der Waals surface area (Å²) in [6, 6.07) is 13.9. The molecule has 1 saturated heterocycles. The third kappa shape index (κ3) is 5.57. The first-order chi connectivity index (χ1) is 14.8. The smallest absolute Gasteiger partial charge is 0.243 e. The van der Waals surface area contributed by atoms with Crippen molar-refractivity contribution in [2.75, 3.05) is 26.8 Å². The summed E-state index contributed by atoms with van der Waals surface area (Å²) >= 11 is 0. The van der Waals surface area contributed by atoms with Crippen LogP contribution in [0.15, 0.2) is 53.4 Å². The van der Waals surface area contributed by atoms with E-state index >= 15 is 0 Å². The molecule has 31 heavy (non-hydrogen) atoms. The summed E-state index contributed by atoms with van der Waals surface area (Å²) in [6.07, 6.45) is 0.995. The molecular weight excluding hydrogens is 416 g/mol. The third-order valence-corrected chi connectivity index (χ3v) is 7.48. The van der Waals surface area contributed by atoms with Crippen molar-refractivity contribution in [2.24, 2.45) is 5.92 Å². The van der Waals surface area contributed by atoms with E-state index in [9.17, 15) is 13.2 Å². The Kier molecular flexibility index (Phi) is 7.56. The van der Waals surface area contributed by atoms with E-state index in [1.165, 1.54) is 4.31 Å². The van der Waals surface area contributed by atoms with Crippen molar-refractivity contribution in [3.8, 4) is 11.5 Å². The number of hydrogen-bond acceptors (Lipinski definition) is 5. The lowest BCUT2D eigenvalue weighted by molar-refractivity contribution is -0.126. The van der Waals surface area contributed by atoms with Gasteiger partial charge in [0.2, 0.25) is 15.9 Å². The molecule has 0 saturated carbocycles. The molecule has 1 aliphatic heterocycles. The number of amides is 1. The Balaban J connectivity index is 1.55. The Bertz CT molecular complexity index is 966. The van der Waals surface area contributed by atoms with Gasteiger partial charge in [-0.15, -0.1) is 0 Å². The summed E-state index contributed by atoms with van der Waals surface area (Å²) in [5.41, 5.74) is 0.990. The maximum absolute atomic E-state index is 12.9. The van der Waals surface area contributed by atoms with Crippen molar-refractivity contribution >= 4 is 15.9 Å². The van der Waals surface area contributed by atoms with Gasteiger partial charge in [-0.3, -0.25) is 4.79 Å². The molecule has 0 aliphatic carbocycles. The van der Waals surface area contributed by atoms with E-state index < -0.39 is 10.0 Å². The maximum Gasteiger partial charge on any atom is 0.243 e. The second kappa shape index (κ2) is 10.2. The molecule has 1 atom stereocenters. The van der Waals surface area contributed by atoms with Gasteiger partial charge in [-0.25, -0.2) is 8.42 Å². The zero-order valence-electron chi connectivity index (χ0n) is 18.2. The van der Waals surface area contributed by atoms with E-state index in [4.69, 9.17) is 9.47 Å². The fraction of sp³-hybridized carbons (Fsp3) is 0.435. The molecule has 3 rings (SSSR count). The van der Waals surface area contributed by atoms with Crippen LogP contribution in [0.4, 0.5) is 0 Å². The van der Waals surface area contributed by atoms with Gasteiger partial charge in [0.15, 0.2) is 0 Å². The molecule has 0 radical (unpaired) electrons. The number of nitrogens with one attached hydrogen (secondary N) is 1. The first-order valence-electron chi connectivity index (χ1n) is 10.5. The molecule has 1 aliphatic rings. The molecule has 1 N–H and O–H groups in total. The average Bonchev–Trinajstić information content (AvgIpc) is 2.79. The minimum absolute atomic E-state index is 0.0403. The minimum atomic E-state index is -3.58. The van der Waals surface area contributed by atoms with Crippen LogP contribution in [-0.2, 0) is 14.8 Å². The van der Waals surface area contributed by atoms with Crippen molar-refractivity contribution in [1.29, 1.82) is 0 Å². The number of methoxy groups -OCH3 is 1. The summed E-state index contributed by atoms with van der Waals surface area (Å²) in [7, 11) is -1.97. The predicted octanol–water partition coefficient (Wildman–Crippen LogP) is 3.37. The Morgan fingerprint density at radius 2 is 1.65 bits per heavy atom. The average molecular weight is 447 g/mol. The van der Waals surface area contributed by atoms with Gasteiger partial charge in [-0.2, -0.15) is 4.31 Å². The van der Waals surface area contributed by atoms with Crippen LogP contribution < -0.4 is 14.8 Å². The zero-order valence-corrected chi connectivity index (χ0v) is 19.0. The van der Waals surface area contributed by atoms with Crippen LogP contribution in [0, 0.1) is 5.92 Å². The molecule has 8 heteroatoms. The van der Waals surface area contributed by atoms with Gasteiger partial charge in [-0.05, 0) is 68.7 Å². The SMILES string of the molecule is CCOc1ccc(S(=O)(=O)N2CCC(C(=O)N[C@H](C)c3ccc(OC)cc3)CC2)cc1. The maximum atomic E-state index is 12.9. The molecule has 2 aromatic rings. The topological polar surface area (TPSA) is 84.9 Å². The number of sulfonamides is 1. The fourth-order valence-corrected chi connectivity index (χ4v) is 5.16. The van der Waals surface area contributed by atoms with Gasteiger partial charge >= 0.3 is 0 Å². The Morgan fingerprint density at radius 3 is 2.19 bits per heavy atom. The number of rotatable bonds is 8. The van der Waals surface area contributed by atoms with Crippen LogP contribution in [-0.4, -0.2) is 45.4 Å². The largest absolute Gasteiger partial charge is 0.497 e. The van der Waals surface area contributed by atoms with Gasteiger partial charge in [0.05, 0.1) is 24.7 Å². The van der Waals surface area contributed by atoms with Gasteiger partial charge in [-0.1, -0.05) is 12.1 Å². The molecular formula is C23H30N2O5S. The van der Waals surface area contributed by atoms with Gasteiger partial charge < -0.3 is 14.8 Å². The van der Waals surface area contributed by atoms with Crippen molar-refractivity contribution in [3.63, 3.8) is 0 Å². The van der Waals surface area contributed by atoms with Crippen LogP contribution in [0.1, 0.15) is 38.3 Å². The molecule has 1 fully saturated rings. The monoisotopic (exact) mass is 446 g/mol. The molecule has 7 nitrogen and oxygen atoms in total. The van der Waals surface area contributed by atoms with E-state index in [1.807, 2.05) is 38.1 Å². The normalized spacial score (nSPS) is 16.5. The van der Waals surface area contributed by atoms with E-state index in [0.717, 1.165) is 11.3 Å². The molecule has 168 valence electrons. The summed E-state index contributed by atoms with van der Waals surface area (Å²) in [6.45, 7) is 4.99. The number of carbonyl (C=O) groups is 1.